The Morgan fingerprint density at radius 1 is 1.33 bits per heavy atom. The van der Waals surface area contributed by atoms with Gasteiger partial charge in [-0.25, -0.2) is 0 Å². The van der Waals surface area contributed by atoms with Gasteiger partial charge in [0.1, 0.15) is 5.82 Å². The van der Waals surface area contributed by atoms with Crippen LogP contribution in [0.1, 0.15) is 23.7 Å². The predicted octanol–water partition coefficient (Wildman–Crippen LogP) is 3.02. The molecule has 0 saturated carbocycles. The summed E-state index contributed by atoms with van der Waals surface area (Å²) in [6.07, 6.45) is 0.847. The molecule has 2 rings (SSSR count). The smallest absolute Gasteiger partial charge is 0.130 e. The van der Waals surface area contributed by atoms with Gasteiger partial charge in [0.2, 0.25) is 0 Å². The lowest BCUT2D eigenvalue weighted by molar-refractivity contribution is 0.715. The SMILES string of the molecule is Cc1nn(C)c(N(C)Cc2ccc(Br)cc2)c1CC(C)N. The van der Waals surface area contributed by atoms with E-state index in [1.54, 1.807) is 0 Å². The summed E-state index contributed by atoms with van der Waals surface area (Å²) in [5.41, 5.74) is 9.55. The van der Waals surface area contributed by atoms with Crippen LogP contribution in [0.3, 0.4) is 0 Å². The van der Waals surface area contributed by atoms with E-state index in [-0.39, 0.29) is 6.04 Å². The molecule has 4 nitrogen and oxygen atoms in total. The summed E-state index contributed by atoms with van der Waals surface area (Å²) in [6.45, 7) is 4.93. The minimum atomic E-state index is 0.132. The molecule has 21 heavy (non-hydrogen) atoms. The molecule has 0 amide bonds. The molecule has 0 fully saturated rings. The van der Waals surface area contributed by atoms with Crippen molar-refractivity contribution in [3.63, 3.8) is 0 Å². The van der Waals surface area contributed by atoms with E-state index in [1.807, 2.05) is 18.7 Å². The van der Waals surface area contributed by atoms with E-state index in [2.05, 4.69) is 64.2 Å². The average Bonchev–Trinajstić information content (AvgIpc) is 2.66. The van der Waals surface area contributed by atoms with Gasteiger partial charge in [-0.2, -0.15) is 5.10 Å². The van der Waals surface area contributed by atoms with E-state index in [1.165, 1.54) is 11.1 Å². The van der Waals surface area contributed by atoms with Gasteiger partial charge >= 0.3 is 0 Å². The molecule has 1 aromatic heterocycles. The van der Waals surface area contributed by atoms with Crippen LogP contribution in [0.15, 0.2) is 28.7 Å². The van der Waals surface area contributed by atoms with E-state index in [0.29, 0.717) is 0 Å². The molecule has 0 saturated heterocycles. The van der Waals surface area contributed by atoms with Crippen molar-refractivity contribution in [1.82, 2.24) is 9.78 Å². The van der Waals surface area contributed by atoms with Crippen LogP contribution in [0.5, 0.6) is 0 Å². The number of halogens is 1. The Morgan fingerprint density at radius 2 is 1.95 bits per heavy atom. The van der Waals surface area contributed by atoms with E-state index >= 15 is 0 Å². The topological polar surface area (TPSA) is 47.1 Å². The maximum absolute atomic E-state index is 5.98. The molecule has 0 aliphatic heterocycles. The molecular weight excluding hydrogens is 328 g/mol. The first-order valence-corrected chi connectivity index (χ1v) is 7.91. The highest BCUT2D eigenvalue weighted by molar-refractivity contribution is 9.10. The summed E-state index contributed by atoms with van der Waals surface area (Å²) >= 11 is 3.47. The number of rotatable bonds is 5. The normalized spacial score (nSPS) is 12.5. The second kappa shape index (κ2) is 6.62. The highest BCUT2D eigenvalue weighted by Gasteiger charge is 2.18. The second-order valence-corrected chi connectivity index (χ2v) is 6.59. The van der Waals surface area contributed by atoms with Gasteiger partial charge in [0.25, 0.3) is 0 Å². The lowest BCUT2D eigenvalue weighted by atomic mass is 10.1. The Bertz CT molecular complexity index is 601. The van der Waals surface area contributed by atoms with Gasteiger partial charge in [0.15, 0.2) is 0 Å². The van der Waals surface area contributed by atoms with Crippen LogP contribution in [0.25, 0.3) is 0 Å². The summed E-state index contributed by atoms with van der Waals surface area (Å²) in [5, 5.41) is 4.55. The quantitative estimate of drug-likeness (QED) is 0.901. The molecule has 1 aromatic carbocycles. The summed E-state index contributed by atoms with van der Waals surface area (Å²) in [6, 6.07) is 8.54. The lowest BCUT2D eigenvalue weighted by Crippen LogP contribution is -2.23. The zero-order valence-corrected chi connectivity index (χ0v) is 14.7. The van der Waals surface area contributed by atoms with Gasteiger partial charge in [-0.15, -0.1) is 0 Å². The highest BCUT2D eigenvalue weighted by Crippen LogP contribution is 2.25. The van der Waals surface area contributed by atoms with Gasteiger partial charge in [-0.3, -0.25) is 4.68 Å². The summed E-state index contributed by atoms with van der Waals surface area (Å²) in [5.74, 6) is 1.15. The van der Waals surface area contributed by atoms with Crippen molar-refractivity contribution in [2.24, 2.45) is 12.8 Å². The fraction of sp³-hybridized carbons (Fsp3) is 0.438. The fourth-order valence-electron chi connectivity index (χ4n) is 2.67. The van der Waals surface area contributed by atoms with Crippen LogP contribution in [0.4, 0.5) is 5.82 Å². The number of nitrogens with two attached hydrogens (primary N) is 1. The molecule has 0 spiro atoms. The van der Waals surface area contributed by atoms with E-state index < -0.39 is 0 Å². The van der Waals surface area contributed by atoms with Crippen LogP contribution in [0.2, 0.25) is 0 Å². The Labute approximate surface area is 135 Å². The van der Waals surface area contributed by atoms with E-state index in [0.717, 1.165) is 29.0 Å². The maximum Gasteiger partial charge on any atom is 0.130 e. The molecule has 0 bridgehead atoms. The minimum absolute atomic E-state index is 0.132. The van der Waals surface area contributed by atoms with Crippen molar-refractivity contribution in [3.05, 3.63) is 45.6 Å². The van der Waals surface area contributed by atoms with Gasteiger partial charge in [0.05, 0.1) is 5.69 Å². The largest absolute Gasteiger partial charge is 0.355 e. The fourth-order valence-corrected chi connectivity index (χ4v) is 2.93. The molecule has 2 N–H and O–H groups in total. The third-order valence-corrected chi connectivity index (χ3v) is 4.06. The molecule has 1 atom stereocenters. The van der Waals surface area contributed by atoms with Crippen molar-refractivity contribution in [2.45, 2.75) is 32.9 Å². The van der Waals surface area contributed by atoms with Gasteiger partial charge in [0, 0.05) is 36.7 Å². The van der Waals surface area contributed by atoms with Crippen molar-refractivity contribution in [2.75, 3.05) is 11.9 Å². The first kappa shape index (κ1) is 16.0. The zero-order chi connectivity index (χ0) is 15.6. The number of benzene rings is 1. The van der Waals surface area contributed by atoms with Crippen molar-refractivity contribution in [3.8, 4) is 0 Å². The Hall–Kier alpha value is -1.33. The summed E-state index contributed by atoms with van der Waals surface area (Å²) in [4.78, 5) is 2.24. The number of aryl methyl sites for hydroxylation is 2. The standard InChI is InChI=1S/C16H23BrN4/c1-11(18)9-15-12(2)19-21(4)16(15)20(3)10-13-5-7-14(17)8-6-13/h5-8,11H,9-10,18H2,1-4H3. The minimum Gasteiger partial charge on any atom is -0.355 e. The molecule has 0 aliphatic carbocycles. The lowest BCUT2D eigenvalue weighted by Gasteiger charge is -2.22. The zero-order valence-electron chi connectivity index (χ0n) is 13.1. The Kier molecular flexibility index (Phi) is 5.06. The van der Waals surface area contributed by atoms with Gasteiger partial charge < -0.3 is 10.6 Å². The second-order valence-electron chi connectivity index (χ2n) is 5.68. The van der Waals surface area contributed by atoms with E-state index in [4.69, 9.17) is 5.73 Å². The van der Waals surface area contributed by atoms with Crippen LogP contribution in [-0.4, -0.2) is 22.9 Å². The number of hydrogen-bond acceptors (Lipinski definition) is 3. The van der Waals surface area contributed by atoms with Crippen molar-refractivity contribution in [1.29, 1.82) is 0 Å². The van der Waals surface area contributed by atoms with Crippen molar-refractivity contribution < 1.29 is 0 Å². The molecule has 2 aromatic rings. The van der Waals surface area contributed by atoms with Gasteiger partial charge in [-0.1, -0.05) is 28.1 Å². The number of nitrogens with zero attached hydrogens (tertiary/aromatic N) is 3. The highest BCUT2D eigenvalue weighted by atomic mass is 79.9. The number of anilines is 1. The monoisotopic (exact) mass is 350 g/mol. The van der Waals surface area contributed by atoms with Gasteiger partial charge in [-0.05, 0) is 38.0 Å². The average molecular weight is 351 g/mol. The molecule has 1 heterocycles. The summed E-state index contributed by atoms with van der Waals surface area (Å²) in [7, 11) is 4.09. The first-order valence-electron chi connectivity index (χ1n) is 7.12. The molecule has 0 radical (unpaired) electrons. The molecule has 5 heteroatoms. The van der Waals surface area contributed by atoms with E-state index in [9.17, 15) is 0 Å². The van der Waals surface area contributed by atoms with Crippen LogP contribution >= 0.6 is 15.9 Å². The van der Waals surface area contributed by atoms with Crippen molar-refractivity contribution >= 4 is 21.7 Å². The Morgan fingerprint density at radius 3 is 2.52 bits per heavy atom. The van der Waals surface area contributed by atoms with Crippen LogP contribution in [-0.2, 0) is 20.0 Å². The predicted molar refractivity (Wildman–Crippen MR) is 91.5 cm³/mol. The van der Waals surface area contributed by atoms with Crippen LogP contribution < -0.4 is 10.6 Å². The molecule has 114 valence electrons. The summed E-state index contributed by atoms with van der Waals surface area (Å²) < 4.78 is 3.05. The molecular formula is C16H23BrN4. The van der Waals surface area contributed by atoms with Crippen LogP contribution in [0, 0.1) is 6.92 Å². The maximum atomic E-state index is 5.98. The third kappa shape index (κ3) is 3.86. The molecule has 1 unspecified atom stereocenters. The number of aromatic nitrogens is 2. The molecule has 0 aliphatic rings. The first-order chi connectivity index (χ1) is 9.88. The number of hydrogen-bond donors (Lipinski definition) is 1. The Balaban J connectivity index is 2.25. The third-order valence-electron chi connectivity index (χ3n) is 3.53.